The van der Waals surface area contributed by atoms with E-state index in [1.54, 1.807) is 0 Å². The van der Waals surface area contributed by atoms with Crippen LogP contribution in [0.2, 0.25) is 0 Å². The predicted octanol–water partition coefficient (Wildman–Crippen LogP) is 1.59. The summed E-state index contributed by atoms with van der Waals surface area (Å²) in [6, 6.07) is 0. The Bertz CT molecular complexity index is 227. The molecule has 0 aromatic heterocycles. The molecule has 3 nitrogen and oxygen atoms in total. The molecule has 2 atom stereocenters. The molecule has 0 aliphatic carbocycles. The third-order valence-corrected chi connectivity index (χ3v) is 3.15. The van der Waals surface area contributed by atoms with Gasteiger partial charge in [-0.3, -0.25) is 10.1 Å². The van der Waals surface area contributed by atoms with Gasteiger partial charge in [-0.25, -0.2) is 0 Å². The van der Waals surface area contributed by atoms with Crippen molar-refractivity contribution >= 4 is 5.91 Å². The number of likely N-dealkylation sites (N-methyl/N-ethyl adjacent to an activating group) is 1. The first-order chi connectivity index (χ1) is 6.40. The molecule has 14 heavy (non-hydrogen) atoms. The Morgan fingerprint density at radius 1 is 1.57 bits per heavy atom. The van der Waals surface area contributed by atoms with Gasteiger partial charge in [-0.2, -0.15) is 0 Å². The molecular weight excluding hydrogens is 176 g/mol. The van der Waals surface area contributed by atoms with Gasteiger partial charge in [0.15, 0.2) is 0 Å². The maximum atomic E-state index is 11.9. The van der Waals surface area contributed by atoms with E-state index in [0.29, 0.717) is 5.92 Å². The van der Waals surface area contributed by atoms with Crippen molar-refractivity contribution in [2.75, 3.05) is 7.05 Å². The topological polar surface area (TPSA) is 32.3 Å². The molecule has 1 N–H and O–H groups in total. The average molecular weight is 198 g/mol. The van der Waals surface area contributed by atoms with E-state index in [4.69, 9.17) is 0 Å². The van der Waals surface area contributed by atoms with Crippen molar-refractivity contribution < 1.29 is 4.79 Å². The van der Waals surface area contributed by atoms with Gasteiger partial charge in [0, 0.05) is 7.05 Å². The number of hydrogen-bond donors (Lipinski definition) is 1. The van der Waals surface area contributed by atoms with E-state index < -0.39 is 0 Å². The van der Waals surface area contributed by atoms with Crippen molar-refractivity contribution in [2.45, 2.75) is 52.2 Å². The number of carbonyl (C=O) groups is 1. The summed E-state index contributed by atoms with van der Waals surface area (Å²) in [4.78, 5) is 13.8. The Kier molecular flexibility index (Phi) is 3.20. The van der Waals surface area contributed by atoms with E-state index in [9.17, 15) is 4.79 Å². The van der Waals surface area contributed by atoms with Crippen LogP contribution < -0.4 is 5.32 Å². The Morgan fingerprint density at radius 2 is 2.14 bits per heavy atom. The Balaban J connectivity index is 2.72. The van der Waals surface area contributed by atoms with Gasteiger partial charge in [-0.15, -0.1) is 0 Å². The van der Waals surface area contributed by atoms with Crippen LogP contribution in [-0.4, -0.2) is 29.6 Å². The normalized spacial score (nSPS) is 33.1. The highest BCUT2D eigenvalue weighted by Gasteiger charge is 2.44. The lowest BCUT2D eigenvalue weighted by atomic mass is 9.99. The van der Waals surface area contributed by atoms with Crippen molar-refractivity contribution in [3.8, 4) is 0 Å². The summed E-state index contributed by atoms with van der Waals surface area (Å²) in [7, 11) is 1.89. The highest BCUT2D eigenvalue weighted by Crippen LogP contribution is 2.25. The first-order valence-corrected chi connectivity index (χ1v) is 5.45. The molecule has 0 spiro atoms. The smallest absolute Gasteiger partial charge is 0.243 e. The SMILES string of the molecule is CCC1(C)NC(CC(C)C)N(C)C1=O. The number of amides is 1. The van der Waals surface area contributed by atoms with Crippen molar-refractivity contribution in [2.24, 2.45) is 5.92 Å². The van der Waals surface area contributed by atoms with Gasteiger partial charge in [-0.05, 0) is 25.7 Å². The summed E-state index contributed by atoms with van der Waals surface area (Å²) in [5, 5.41) is 3.42. The second kappa shape index (κ2) is 3.89. The molecule has 0 saturated carbocycles. The van der Waals surface area contributed by atoms with Crippen LogP contribution >= 0.6 is 0 Å². The molecule has 0 bridgehead atoms. The zero-order valence-corrected chi connectivity index (χ0v) is 9.92. The minimum Gasteiger partial charge on any atom is -0.329 e. The Labute approximate surface area is 86.9 Å². The van der Waals surface area contributed by atoms with Gasteiger partial charge in [0.05, 0.1) is 11.7 Å². The van der Waals surface area contributed by atoms with E-state index in [1.807, 2.05) is 18.9 Å². The molecule has 82 valence electrons. The summed E-state index contributed by atoms with van der Waals surface area (Å²) in [6.45, 7) is 8.41. The highest BCUT2D eigenvalue weighted by atomic mass is 16.2. The standard InChI is InChI=1S/C11H22N2O/c1-6-11(4)10(14)13(5)9(12-11)7-8(2)3/h8-9,12H,6-7H2,1-5H3. The maximum absolute atomic E-state index is 11.9. The lowest BCUT2D eigenvalue weighted by Crippen LogP contribution is -2.44. The van der Waals surface area contributed by atoms with Gasteiger partial charge in [0.25, 0.3) is 0 Å². The number of nitrogens with one attached hydrogen (secondary N) is 1. The molecule has 3 heteroatoms. The molecule has 2 unspecified atom stereocenters. The van der Waals surface area contributed by atoms with Crippen molar-refractivity contribution in [1.29, 1.82) is 0 Å². The van der Waals surface area contributed by atoms with Gasteiger partial charge in [-0.1, -0.05) is 20.8 Å². The van der Waals surface area contributed by atoms with Crippen molar-refractivity contribution in [3.63, 3.8) is 0 Å². The van der Waals surface area contributed by atoms with Crippen molar-refractivity contribution in [3.05, 3.63) is 0 Å². The third kappa shape index (κ3) is 1.92. The van der Waals surface area contributed by atoms with Crippen LogP contribution in [0, 0.1) is 5.92 Å². The molecular formula is C11H22N2O. The average Bonchev–Trinajstić information content (AvgIpc) is 2.31. The largest absolute Gasteiger partial charge is 0.329 e. The van der Waals surface area contributed by atoms with E-state index in [1.165, 1.54) is 0 Å². The van der Waals surface area contributed by atoms with Crippen LogP contribution in [0.15, 0.2) is 0 Å². The lowest BCUT2D eigenvalue weighted by Gasteiger charge is -2.21. The fourth-order valence-corrected chi connectivity index (χ4v) is 1.97. The zero-order chi connectivity index (χ0) is 10.9. The number of hydrogen-bond acceptors (Lipinski definition) is 2. The summed E-state index contributed by atoms with van der Waals surface area (Å²) in [5.74, 6) is 0.840. The predicted molar refractivity (Wildman–Crippen MR) is 57.8 cm³/mol. The fraction of sp³-hybridized carbons (Fsp3) is 0.909. The minimum atomic E-state index is -0.339. The molecule has 1 rings (SSSR count). The second-order valence-corrected chi connectivity index (χ2v) is 4.89. The monoisotopic (exact) mass is 198 g/mol. The van der Waals surface area contributed by atoms with E-state index in [2.05, 4.69) is 26.1 Å². The van der Waals surface area contributed by atoms with Crippen LogP contribution in [0.4, 0.5) is 0 Å². The molecule has 0 aromatic rings. The van der Waals surface area contributed by atoms with Gasteiger partial charge < -0.3 is 4.90 Å². The summed E-state index contributed by atoms with van der Waals surface area (Å²) in [5.41, 5.74) is -0.339. The number of rotatable bonds is 3. The van der Waals surface area contributed by atoms with Crippen molar-refractivity contribution in [1.82, 2.24) is 10.2 Å². The molecule has 1 heterocycles. The fourth-order valence-electron chi connectivity index (χ4n) is 1.97. The first kappa shape index (κ1) is 11.5. The first-order valence-electron chi connectivity index (χ1n) is 5.45. The molecule has 1 fully saturated rings. The van der Waals surface area contributed by atoms with E-state index in [0.717, 1.165) is 12.8 Å². The lowest BCUT2D eigenvalue weighted by molar-refractivity contribution is -0.131. The van der Waals surface area contributed by atoms with Crippen LogP contribution in [0.3, 0.4) is 0 Å². The summed E-state index contributed by atoms with van der Waals surface area (Å²) in [6.07, 6.45) is 2.09. The highest BCUT2D eigenvalue weighted by molar-refractivity contribution is 5.88. The number of carbonyl (C=O) groups excluding carboxylic acids is 1. The summed E-state index contributed by atoms with van der Waals surface area (Å²) >= 11 is 0. The van der Waals surface area contributed by atoms with Crippen LogP contribution in [0.1, 0.15) is 40.5 Å². The van der Waals surface area contributed by atoms with E-state index >= 15 is 0 Å². The number of nitrogens with zero attached hydrogens (tertiary/aromatic N) is 1. The van der Waals surface area contributed by atoms with Crippen LogP contribution in [-0.2, 0) is 4.79 Å². The van der Waals surface area contributed by atoms with Crippen LogP contribution in [0.25, 0.3) is 0 Å². The van der Waals surface area contributed by atoms with Crippen LogP contribution in [0.5, 0.6) is 0 Å². The van der Waals surface area contributed by atoms with Gasteiger partial charge in [0.1, 0.15) is 0 Å². The van der Waals surface area contributed by atoms with Gasteiger partial charge >= 0.3 is 0 Å². The van der Waals surface area contributed by atoms with E-state index in [-0.39, 0.29) is 17.6 Å². The minimum absolute atomic E-state index is 0.215. The molecule has 1 amide bonds. The second-order valence-electron chi connectivity index (χ2n) is 4.89. The molecule has 1 saturated heterocycles. The van der Waals surface area contributed by atoms with Gasteiger partial charge in [0.2, 0.25) is 5.91 Å². The molecule has 1 aliphatic heterocycles. The Morgan fingerprint density at radius 3 is 2.50 bits per heavy atom. The Hall–Kier alpha value is -0.570. The molecule has 1 aliphatic rings. The third-order valence-electron chi connectivity index (χ3n) is 3.15. The molecule has 0 aromatic carbocycles. The zero-order valence-electron chi connectivity index (χ0n) is 9.92. The molecule has 0 radical (unpaired) electrons. The summed E-state index contributed by atoms with van der Waals surface area (Å²) < 4.78 is 0. The maximum Gasteiger partial charge on any atom is 0.243 e. The quantitative estimate of drug-likeness (QED) is 0.747.